The van der Waals surface area contributed by atoms with Crippen molar-refractivity contribution in [3.63, 3.8) is 0 Å². The van der Waals surface area contributed by atoms with Gasteiger partial charge in [0.2, 0.25) is 0 Å². The third-order valence-corrected chi connectivity index (χ3v) is 3.05. The zero-order valence-corrected chi connectivity index (χ0v) is 11.9. The second kappa shape index (κ2) is 7.38. The van der Waals surface area contributed by atoms with Crippen LogP contribution in [0.4, 0.5) is 10.1 Å². The maximum atomic E-state index is 12.8. The molecule has 5 heteroatoms. The number of carbonyl (C=O) groups is 1. The van der Waals surface area contributed by atoms with Crippen molar-refractivity contribution >= 4 is 11.6 Å². The number of rotatable bonds is 6. The van der Waals surface area contributed by atoms with E-state index in [2.05, 4.69) is 15.6 Å². The van der Waals surface area contributed by atoms with E-state index in [1.807, 2.05) is 6.92 Å². The molecule has 0 aliphatic heterocycles. The second-order valence-corrected chi connectivity index (χ2v) is 4.58. The van der Waals surface area contributed by atoms with Gasteiger partial charge in [0.15, 0.2) is 0 Å². The molecule has 110 valence electrons. The number of halogens is 1. The molecule has 0 unspecified atom stereocenters. The lowest BCUT2D eigenvalue weighted by atomic mass is 10.1. The molecule has 0 atom stereocenters. The van der Waals surface area contributed by atoms with Gasteiger partial charge in [-0.3, -0.25) is 9.78 Å². The minimum atomic E-state index is -0.256. The van der Waals surface area contributed by atoms with Crippen molar-refractivity contribution in [2.75, 3.05) is 18.4 Å². The topological polar surface area (TPSA) is 54.0 Å². The predicted molar refractivity (Wildman–Crippen MR) is 80.8 cm³/mol. The van der Waals surface area contributed by atoms with Crippen LogP contribution in [-0.2, 0) is 6.42 Å². The summed E-state index contributed by atoms with van der Waals surface area (Å²) in [4.78, 5) is 16.1. The molecule has 0 aliphatic carbocycles. The first kappa shape index (κ1) is 15.0. The van der Waals surface area contributed by atoms with Crippen LogP contribution in [0.1, 0.15) is 22.8 Å². The summed E-state index contributed by atoms with van der Waals surface area (Å²) in [5.41, 5.74) is 2.28. The molecule has 0 saturated heterocycles. The van der Waals surface area contributed by atoms with Gasteiger partial charge >= 0.3 is 0 Å². The van der Waals surface area contributed by atoms with Crippen LogP contribution in [0.25, 0.3) is 0 Å². The van der Waals surface area contributed by atoms with Gasteiger partial charge in [-0.15, -0.1) is 0 Å². The Morgan fingerprint density at radius 1 is 1.24 bits per heavy atom. The van der Waals surface area contributed by atoms with Crippen LogP contribution in [0.5, 0.6) is 0 Å². The Morgan fingerprint density at radius 2 is 2.00 bits per heavy atom. The summed E-state index contributed by atoms with van der Waals surface area (Å²) in [5, 5.41) is 5.98. The van der Waals surface area contributed by atoms with Gasteiger partial charge in [0.1, 0.15) is 5.82 Å². The maximum absolute atomic E-state index is 12.8. The lowest BCUT2D eigenvalue weighted by molar-refractivity contribution is 0.0954. The Morgan fingerprint density at radius 3 is 2.71 bits per heavy atom. The third kappa shape index (κ3) is 4.27. The van der Waals surface area contributed by atoms with Crippen LogP contribution < -0.4 is 10.6 Å². The van der Waals surface area contributed by atoms with Crippen LogP contribution in [-0.4, -0.2) is 24.0 Å². The Labute approximate surface area is 123 Å². The van der Waals surface area contributed by atoms with E-state index in [0.717, 1.165) is 17.8 Å². The van der Waals surface area contributed by atoms with Crippen molar-refractivity contribution in [2.24, 2.45) is 0 Å². The summed E-state index contributed by atoms with van der Waals surface area (Å²) in [7, 11) is 0. The Kier molecular flexibility index (Phi) is 5.26. The van der Waals surface area contributed by atoms with Crippen molar-refractivity contribution in [3.05, 3.63) is 59.7 Å². The van der Waals surface area contributed by atoms with Crippen molar-refractivity contribution in [1.29, 1.82) is 0 Å². The highest BCUT2D eigenvalue weighted by Gasteiger charge is 2.10. The number of aromatic nitrogens is 1. The number of nitrogens with one attached hydrogen (secondary N) is 2. The van der Waals surface area contributed by atoms with Crippen LogP contribution in [0.2, 0.25) is 0 Å². The lowest BCUT2D eigenvalue weighted by Crippen LogP contribution is -2.26. The molecular weight excluding hydrogens is 269 g/mol. The summed E-state index contributed by atoms with van der Waals surface area (Å²) in [6.07, 6.45) is 3.85. The second-order valence-electron chi connectivity index (χ2n) is 4.58. The molecule has 1 amide bonds. The van der Waals surface area contributed by atoms with E-state index in [1.54, 1.807) is 30.6 Å². The molecule has 0 spiro atoms. The average Bonchev–Trinajstić information content (AvgIpc) is 2.50. The fourth-order valence-electron chi connectivity index (χ4n) is 1.99. The first-order chi connectivity index (χ1) is 10.2. The van der Waals surface area contributed by atoms with E-state index in [4.69, 9.17) is 0 Å². The highest BCUT2D eigenvalue weighted by atomic mass is 19.1. The van der Waals surface area contributed by atoms with Gasteiger partial charge in [-0.05, 0) is 37.1 Å². The third-order valence-electron chi connectivity index (χ3n) is 3.05. The number of amides is 1. The number of hydrogen-bond donors (Lipinski definition) is 2. The zero-order valence-electron chi connectivity index (χ0n) is 11.9. The van der Waals surface area contributed by atoms with Gasteiger partial charge in [-0.2, -0.15) is 0 Å². The largest absolute Gasteiger partial charge is 0.385 e. The molecule has 1 aromatic carbocycles. The van der Waals surface area contributed by atoms with E-state index in [0.29, 0.717) is 18.5 Å². The zero-order chi connectivity index (χ0) is 15.1. The summed E-state index contributed by atoms with van der Waals surface area (Å²) >= 11 is 0. The summed E-state index contributed by atoms with van der Waals surface area (Å²) < 4.78 is 12.8. The number of carbonyl (C=O) groups excluding carboxylic acids is 1. The highest BCUT2D eigenvalue weighted by Crippen LogP contribution is 2.13. The lowest BCUT2D eigenvalue weighted by Gasteiger charge is -2.10. The quantitative estimate of drug-likeness (QED) is 0.858. The first-order valence-corrected chi connectivity index (χ1v) is 6.91. The number of anilines is 1. The number of pyridine rings is 1. The fourth-order valence-corrected chi connectivity index (χ4v) is 1.99. The number of benzene rings is 1. The van der Waals surface area contributed by atoms with E-state index in [-0.39, 0.29) is 11.7 Å². The number of nitrogens with zero attached hydrogens (tertiary/aromatic N) is 1. The smallest absolute Gasteiger partial charge is 0.254 e. The molecule has 0 radical (unpaired) electrons. The highest BCUT2D eigenvalue weighted by molar-refractivity contribution is 5.99. The molecule has 0 fully saturated rings. The molecule has 2 N–H and O–H groups in total. The molecule has 4 nitrogen and oxygen atoms in total. The molecule has 1 heterocycles. The van der Waals surface area contributed by atoms with Gasteiger partial charge in [-0.1, -0.05) is 12.1 Å². The number of hydrogen-bond acceptors (Lipinski definition) is 3. The monoisotopic (exact) mass is 287 g/mol. The average molecular weight is 287 g/mol. The van der Waals surface area contributed by atoms with E-state index >= 15 is 0 Å². The van der Waals surface area contributed by atoms with Crippen LogP contribution in [0, 0.1) is 5.82 Å². The summed E-state index contributed by atoms with van der Waals surface area (Å²) in [6, 6.07) is 8.05. The van der Waals surface area contributed by atoms with E-state index in [9.17, 15) is 9.18 Å². The summed E-state index contributed by atoms with van der Waals surface area (Å²) in [5.74, 6) is -0.422. The minimum Gasteiger partial charge on any atom is -0.385 e. The van der Waals surface area contributed by atoms with Gasteiger partial charge < -0.3 is 10.6 Å². The standard InChI is InChI=1S/C16H18FN3O/c1-2-19-15-8-9-18-11-14(15)16(21)20-10-7-12-3-5-13(17)6-4-12/h3-6,8-9,11H,2,7,10H2,1H3,(H,18,19)(H,20,21). The SMILES string of the molecule is CCNc1ccncc1C(=O)NCCc1ccc(F)cc1. The van der Waals surface area contributed by atoms with Crippen LogP contribution in [0.15, 0.2) is 42.7 Å². The maximum Gasteiger partial charge on any atom is 0.254 e. The Bertz CT molecular complexity index is 599. The van der Waals surface area contributed by atoms with Gasteiger partial charge in [0, 0.05) is 25.5 Å². The fraction of sp³-hybridized carbons (Fsp3) is 0.250. The first-order valence-electron chi connectivity index (χ1n) is 6.91. The van der Waals surface area contributed by atoms with Crippen LogP contribution >= 0.6 is 0 Å². The van der Waals surface area contributed by atoms with Gasteiger partial charge in [0.25, 0.3) is 5.91 Å². The molecule has 2 aromatic rings. The van der Waals surface area contributed by atoms with E-state index in [1.165, 1.54) is 12.1 Å². The molecule has 1 aromatic heterocycles. The van der Waals surface area contributed by atoms with Crippen molar-refractivity contribution in [3.8, 4) is 0 Å². The molecule has 2 rings (SSSR count). The predicted octanol–water partition coefficient (Wildman–Crippen LogP) is 2.63. The van der Waals surface area contributed by atoms with Crippen molar-refractivity contribution in [2.45, 2.75) is 13.3 Å². The minimum absolute atomic E-state index is 0.166. The molecule has 0 aliphatic rings. The normalized spacial score (nSPS) is 10.2. The van der Waals surface area contributed by atoms with E-state index < -0.39 is 0 Å². The molecular formula is C16H18FN3O. The molecule has 0 saturated carbocycles. The van der Waals surface area contributed by atoms with Crippen LogP contribution in [0.3, 0.4) is 0 Å². The molecule has 0 bridgehead atoms. The molecule has 21 heavy (non-hydrogen) atoms. The Balaban J connectivity index is 1.91. The van der Waals surface area contributed by atoms with Gasteiger partial charge in [0.05, 0.1) is 11.3 Å². The Hall–Kier alpha value is -2.43. The summed E-state index contributed by atoms with van der Waals surface area (Å²) in [6.45, 7) is 3.20. The van der Waals surface area contributed by atoms with Crippen molar-refractivity contribution in [1.82, 2.24) is 10.3 Å². The van der Waals surface area contributed by atoms with Gasteiger partial charge in [-0.25, -0.2) is 4.39 Å². The van der Waals surface area contributed by atoms with Crippen molar-refractivity contribution < 1.29 is 9.18 Å².